The van der Waals surface area contributed by atoms with Crippen LogP contribution in [0.2, 0.25) is 0 Å². The fraction of sp³-hybridized carbons (Fsp3) is 0.200. The highest BCUT2D eigenvalue weighted by atomic mass is 79.9. The Hall–Kier alpha value is -1.52. The Kier molecular flexibility index (Phi) is 4.82. The minimum Gasteiger partial charge on any atom is -0.497 e. The van der Waals surface area contributed by atoms with Gasteiger partial charge in [0.05, 0.1) is 11.6 Å². The number of benzene rings is 2. The van der Waals surface area contributed by atoms with E-state index in [0.717, 1.165) is 21.5 Å². The molecular formula is C15H16BrNO2. The minimum atomic E-state index is -0.176. The molecule has 0 amide bonds. The Bertz CT molecular complexity index is 528. The van der Waals surface area contributed by atoms with Gasteiger partial charge in [-0.1, -0.05) is 24.3 Å². The lowest BCUT2D eigenvalue weighted by Crippen LogP contribution is -2.18. The predicted octanol–water partition coefficient (Wildman–Crippen LogP) is 3.54. The first kappa shape index (κ1) is 13.9. The number of methoxy groups -OCH3 is 1. The van der Waals surface area contributed by atoms with Crippen LogP contribution in [0.4, 0.5) is 0 Å². The zero-order valence-corrected chi connectivity index (χ0v) is 12.3. The summed E-state index contributed by atoms with van der Waals surface area (Å²) >= 11 is 3.46. The normalized spacial score (nSPS) is 11.9. The lowest BCUT2D eigenvalue weighted by atomic mass is 10.1. The van der Waals surface area contributed by atoms with Crippen molar-refractivity contribution in [3.63, 3.8) is 0 Å². The Morgan fingerprint density at radius 3 is 2.37 bits per heavy atom. The minimum absolute atomic E-state index is 0.176. The van der Waals surface area contributed by atoms with E-state index < -0.39 is 0 Å². The summed E-state index contributed by atoms with van der Waals surface area (Å²) < 4.78 is 12.0. The first-order chi connectivity index (χ1) is 9.24. The molecule has 0 fully saturated rings. The SMILES string of the molecule is COc1ccc(C(CN)Oc2ccccc2Br)cc1. The zero-order valence-electron chi connectivity index (χ0n) is 10.7. The molecule has 4 heteroatoms. The molecule has 3 nitrogen and oxygen atoms in total. The first-order valence-electron chi connectivity index (χ1n) is 6.00. The van der Waals surface area contributed by atoms with Gasteiger partial charge < -0.3 is 15.2 Å². The van der Waals surface area contributed by atoms with Crippen molar-refractivity contribution < 1.29 is 9.47 Å². The van der Waals surface area contributed by atoms with Crippen LogP contribution in [0.15, 0.2) is 53.0 Å². The molecule has 0 bridgehead atoms. The average Bonchev–Trinajstić information content (AvgIpc) is 2.47. The summed E-state index contributed by atoms with van der Waals surface area (Å²) in [4.78, 5) is 0. The highest BCUT2D eigenvalue weighted by Gasteiger charge is 2.13. The molecule has 2 aromatic rings. The molecule has 0 saturated carbocycles. The van der Waals surface area contributed by atoms with Crippen molar-refractivity contribution in [1.29, 1.82) is 0 Å². The van der Waals surface area contributed by atoms with Gasteiger partial charge in [0.15, 0.2) is 0 Å². The topological polar surface area (TPSA) is 44.5 Å². The summed E-state index contributed by atoms with van der Waals surface area (Å²) in [5.41, 5.74) is 6.83. The number of rotatable bonds is 5. The summed E-state index contributed by atoms with van der Waals surface area (Å²) in [7, 11) is 1.65. The second-order valence-electron chi connectivity index (χ2n) is 4.05. The maximum atomic E-state index is 5.94. The molecule has 0 aliphatic heterocycles. The summed E-state index contributed by atoms with van der Waals surface area (Å²) in [6.07, 6.45) is -0.176. The quantitative estimate of drug-likeness (QED) is 0.916. The van der Waals surface area contributed by atoms with Crippen molar-refractivity contribution >= 4 is 15.9 Å². The zero-order chi connectivity index (χ0) is 13.7. The standard InChI is InChI=1S/C15H16BrNO2/c1-18-12-8-6-11(7-9-12)15(10-17)19-14-5-3-2-4-13(14)16/h2-9,15H,10,17H2,1H3. The molecule has 2 N–H and O–H groups in total. The molecule has 2 rings (SSSR count). The van der Waals surface area contributed by atoms with E-state index in [1.165, 1.54) is 0 Å². The van der Waals surface area contributed by atoms with Gasteiger partial charge in [0.25, 0.3) is 0 Å². The molecule has 0 aliphatic rings. The molecule has 1 unspecified atom stereocenters. The van der Waals surface area contributed by atoms with E-state index in [2.05, 4.69) is 15.9 Å². The molecule has 1 atom stereocenters. The van der Waals surface area contributed by atoms with Gasteiger partial charge >= 0.3 is 0 Å². The van der Waals surface area contributed by atoms with Gasteiger partial charge in [0.1, 0.15) is 17.6 Å². The van der Waals surface area contributed by atoms with Gasteiger partial charge in [-0.05, 0) is 45.8 Å². The third-order valence-electron chi connectivity index (χ3n) is 2.81. The van der Waals surface area contributed by atoms with E-state index in [-0.39, 0.29) is 6.10 Å². The molecule has 19 heavy (non-hydrogen) atoms. The maximum absolute atomic E-state index is 5.94. The van der Waals surface area contributed by atoms with Gasteiger partial charge in [0.2, 0.25) is 0 Å². The first-order valence-corrected chi connectivity index (χ1v) is 6.79. The molecule has 0 saturated heterocycles. The summed E-state index contributed by atoms with van der Waals surface area (Å²) in [5, 5.41) is 0. The molecule has 0 spiro atoms. The molecular weight excluding hydrogens is 306 g/mol. The van der Waals surface area contributed by atoms with Crippen molar-refractivity contribution in [3.8, 4) is 11.5 Å². The van der Waals surface area contributed by atoms with Crippen LogP contribution < -0.4 is 15.2 Å². The van der Waals surface area contributed by atoms with Crippen molar-refractivity contribution in [2.45, 2.75) is 6.10 Å². The molecule has 0 aromatic heterocycles. The third-order valence-corrected chi connectivity index (χ3v) is 3.46. The van der Waals surface area contributed by atoms with Crippen LogP contribution in [0.5, 0.6) is 11.5 Å². The van der Waals surface area contributed by atoms with Crippen LogP contribution >= 0.6 is 15.9 Å². The summed E-state index contributed by atoms with van der Waals surface area (Å²) in [6, 6.07) is 15.5. The highest BCUT2D eigenvalue weighted by Crippen LogP contribution is 2.29. The average molecular weight is 322 g/mol. The smallest absolute Gasteiger partial charge is 0.136 e. The van der Waals surface area contributed by atoms with E-state index in [1.807, 2.05) is 48.5 Å². The molecule has 0 radical (unpaired) electrons. The summed E-state index contributed by atoms with van der Waals surface area (Å²) in [6.45, 7) is 0.410. The Morgan fingerprint density at radius 2 is 1.79 bits per heavy atom. The number of halogens is 1. The lowest BCUT2D eigenvalue weighted by Gasteiger charge is -2.19. The van der Waals surface area contributed by atoms with Crippen molar-refractivity contribution in [2.75, 3.05) is 13.7 Å². The second kappa shape index (κ2) is 6.59. The molecule has 0 heterocycles. The van der Waals surface area contributed by atoms with E-state index in [0.29, 0.717) is 6.54 Å². The molecule has 100 valence electrons. The number of hydrogen-bond acceptors (Lipinski definition) is 3. The van der Waals surface area contributed by atoms with E-state index in [9.17, 15) is 0 Å². The fourth-order valence-corrected chi connectivity index (χ4v) is 2.14. The Balaban J connectivity index is 2.17. The Labute approximate surface area is 121 Å². The van der Waals surface area contributed by atoms with Crippen molar-refractivity contribution in [3.05, 3.63) is 58.6 Å². The number of hydrogen-bond donors (Lipinski definition) is 1. The fourth-order valence-electron chi connectivity index (χ4n) is 1.76. The van der Waals surface area contributed by atoms with Gasteiger partial charge in [-0.3, -0.25) is 0 Å². The Morgan fingerprint density at radius 1 is 1.11 bits per heavy atom. The van der Waals surface area contributed by atoms with Crippen LogP contribution in [0.1, 0.15) is 11.7 Å². The maximum Gasteiger partial charge on any atom is 0.136 e. The number of para-hydroxylation sites is 1. The predicted molar refractivity (Wildman–Crippen MR) is 79.6 cm³/mol. The van der Waals surface area contributed by atoms with E-state index in [4.69, 9.17) is 15.2 Å². The van der Waals surface area contributed by atoms with Crippen LogP contribution in [0, 0.1) is 0 Å². The third kappa shape index (κ3) is 3.49. The van der Waals surface area contributed by atoms with Crippen molar-refractivity contribution in [1.82, 2.24) is 0 Å². The molecule has 2 aromatic carbocycles. The lowest BCUT2D eigenvalue weighted by molar-refractivity contribution is 0.212. The van der Waals surface area contributed by atoms with Gasteiger partial charge in [-0.25, -0.2) is 0 Å². The monoisotopic (exact) mass is 321 g/mol. The van der Waals surface area contributed by atoms with Crippen molar-refractivity contribution in [2.24, 2.45) is 5.73 Å². The van der Waals surface area contributed by atoms with Crippen LogP contribution in [0.25, 0.3) is 0 Å². The largest absolute Gasteiger partial charge is 0.497 e. The van der Waals surface area contributed by atoms with E-state index >= 15 is 0 Å². The molecule has 0 aliphatic carbocycles. The highest BCUT2D eigenvalue weighted by molar-refractivity contribution is 9.10. The number of nitrogens with two attached hydrogens (primary N) is 1. The summed E-state index contributed by atoms with van der Waals surface area (Å²) in [5.74, 6) is 1.61. The van der Waals surface area contributed by atoms with Crippen LogP contribution in [-0.2, 0) is 0 Å². The second-order valence-corrected chi connectivity index (χ2v) is 4.90. The van der Waals surface area contributed by atoms with Crippen LogP contribution in [0.3, 0.4) is 0 Å². The number of ether oxygens (including phenoxy) is 2. The van der Waals surface area contributed by atoms with Gasteiger partial charge in [-0.15, -0.1) is 0 Å². The van der Waals surface area contributed by atoms with Gasteiger partial charge in [-0.2, -0.15) is 0 Å². The van der Waals surface area contributed by atoms with E-state index in [1.54, 1.807) is 7.11 Å². The van der Waals surface area contributed by atoms with Gasteiger partial charge in [0, 0.05) is 6.54 Å². The van der Waals surface area contributed by atoms with Crippen LogP contribution in [-0.4, -0.2) is 13.7 Å².